The fraction of sp³-hybridized carbons (Fsp3) is 0.0588. The third kappa shape index (κ3) is 4.72. The van der Waals surface area contributed by atoms with Gasteiger partial charge in [0, 0.05) is 35.0 Å². The number of ether oxygens (including phenoxy) is 1. The Morgan fingerprint density at radius 3 is 1.53 bits per heavy atom. The largest absolute Gasteiger partial charge is 0.496 e. The molecule has 0 fully saturated rings. The van der Waals surface area contributed by atoms with E-state index in [4.69, 9.17) is 4.74 Å². The van der Waals surface area contributed by atoms with E-state index in [1.165, 1.54) is 0 Å². The standard InChI is InChI=1S/C34H27NO3/c1-35(30-16-10-5-11-17-30)31-20-27(25-14-8-4-9-15-25)21-32(38-2)34(31)33-28(22-36)18-26(19-29(33)23-37)24-12-6-3-7-13-24/h3-23H,1-2H3. The first-order valence-corrected chi connectivity index (χ1v) is 12.3. The summed E-state index contributed by atoms with van der Waals surface area (Å²) in [4.78, 5) is 27.1. The van der Waals surface area contributed by atoms with Gasteiger partial charge in [0.2, 0.25) is 0 Å². The second kappa shape index (κ2) is 11.0. The van der Waals surface area contributed by atoms with Gasteiger partial charge < -0.3 is 9.64 Å². The number of carbonyl (C=O) groups is 2. The van der Waals surface area contributed by atoms with Crippen molar-refractivity contribution in [3.8, 4) is 39.1 Å². The van der Waals surface area contributed by atoms with Crippen molar-refractivity contribution in [1.29, 1.82) is 0 Å². The third-order valence-corrected chi connectivity index (χ3v) is 6.72. The maximum Gasteiger partial charge on any atom is 0.150 e. The number of carbonyl (C=O) groups excluding carboxylic acids is 2. The average Bonchev–Trinajstić information content (AvgIpc) is 3.00. The second-order valence-corrected chi connectivity index (χ2v) is 8.96. The zero-order valence-electron chi connectivity index (χ0n) is 21.3. The number of methoxy groups -OCH3 is 1. The molecule has 0 aliphatic heterocycles. The number of hydrogen-bond donors (Lipinski definition) is 0. The zero-order chi connectivity index (χ0) is 26.5. The summed E-state index contributed by atoms with van der Waals surface area (Å²) >= 11 is 0. The molecular formula is C34H27NO3. The minimum Gasteiger partial charge on any atom is -0.496 e. The van der Waals surface area contributed by atoms with Crippen molar-refractivity contribution in [3.05, 3.63) is 126 Å². The topological polar surface area (TPSA) is 46.6 Å². The lowest BCUT2D eigenvalue weighted by Gasteiger charge is -2.27. The molecule has 0 amide bonds. The minimum absolute atomic E-state index is 0.418. The van der Waals surface area contributed by atoms with Crippen molar-refractivity contribution in [2.45, 2.75) is 0 Å². The number of rotatable bonds is 8. The van der Waals surface area contributed by atoms with Gasteiger partial charge in [0.25, 0.3) is 0 Å². The summed E-state index contributed by atoms with van der Waals surface area (Å²) < 4.78 is 5.94. The fourth-order valence-electron chi connectivity index (χ4n) is 4.83. The van der Waals surface area contributed by atoms with Gasteiger partial charge in [0.1, 0.15) is 5.75 Å². The molecule has 0 bridgehead atoms. The first-order chi connectivity index (χ1) is 18.6. The predicted octanol–water partition coefficient (Wildman–Crippen LogP) is 8.09. The monoisotopic (exact) mass is 497 g/mol. The Kier molecular flexibility index (Phi) is 7.14. The van der Waals surface area contributed by atoms with Crippen LogP contribution in [0.5, 0.6) is 5.75 Å². The van der Waals surface area contributed by atoms with Gasteiger partial charge >= 0.3 is 0 Å². The molecule has 4 nitrogen and oxygen atoms in total. The number of aldehydes is 2. The van der Waals surface area contributed by atoms with Crippen LogP contribution >= 0.6 is 0 Å². The molecule has 0 aromatic heterocycles. The molecule has 4 heteroatoms. The van der Waals surface area contributed by atoms with Gasteiger partial charge in [-0.25, -0.2) is 0 Å². The fourth-order valence-corrected chi connectivity index (χ4v) is 4.83. The molecule has 5 aromatic rings. The predicted molar refractivity (Wildman–Crippen MR) is 155 cm³/mol. The Morgan fingerprint density at radius 1 is 0.579 bits per heavy atom. The Bertz CT molecular complexity index is 1550. The Labute approximate surface area is 222 Å². The van der Waals surface area contributed by atoms with Crippen molar-refractivity contribution in [2.75, 3.05) is 19.1 Å². The van der Waals surface area contributed by atoms with Crippen molar-refractivity contribution >= 4 is 23.9 Å². The molecular weight excluding hydrogens is 470 g/mol. The molecule has 0 spiro atoms. The van der Waals surface area contributed by atoms with Crippen molar-refractivity contribution in [1.82, 2.24) is 0 Å². The summed E-state index contributed by atoms with van der Waals surface area (Å²) in [6.07, 6.45) is 1.62. The van der Waals surface area contributed by atoms with Crippen LogP contribution in [0.3, 0.4) is 0 Å². The van der Waals surface area contributed by atoms with Crippen molar-refractivity contribution < 1.29 is 14.3 Å². The van der Waals surface area contributed by atoms with Crippen LogP contribution < -0.4 is 9.64 Å². The molecule has 5 rings (SSSR count). The van der Waals surface area contributed by atoms with Crippen LogP contribution in [-0.4, -0.2) is 26.7 Å². The normalized spacial score (nSPS) is 10.6. The van der Waals surface area contributed by atoms with Crippen LogP contribution in [-0.2, 0) is 0 Å². The highest BCUT2D eigenvalue weighted by molar-refractivity contribution is 6.04. The number of anilines is 2. The van der Waals surface area contributed by atoms with Crippen LogP contribution in [0.1, 0.15) is 20.7 Å². The van der Waals surface area contributed by atoms with Gasteiger partial charge in [-0.2, -0.15) is 0 Å². The quantitative estimate of drug-likeness (QED) is 0.203. The van der Waals surface area contributed by atoms with Gasteiger partial charge in [-0.05, 0) is 58.7 Å². The van der Waals surface area contributed by atoms with Crippen LogP contribution in [0.2, 0.25) is 0 Å². The van der Waals surface area contributed by atoms with Crippen LogP contribution in [0.4, 0.5) is 11.4 Å². The first kappa shape index (κ1) is 24.7. The molecule has 0 saturated heterocycles. The first-order valence-electron chi connectivity index (χ1n) is 12.3. The highest BCUT2D eigenvalue weighted by Crippen LogP contribution is 2.46. The van der Waals surface area contributed by atoms with Crippen molar-refractivity contribution in [3.63, 3.8) is 0 Å². The maximum atomic E-state index is 12.5. The molecule has 0 heterocycles. The summed E-state index contributed by atoms with van der Waals surface area (Å²) in [5, 5.41) is 0. The molecule has 0 unspecified atom stereocenters. The smallest absolute Gasteiger partial charge is 0.150 e. The van der Waals surface area contributed by atoms with E-state index in [1.807, 2.05) is 116 Å². The van der Waals surface area contributed by atoms with E-state index in [0.717, 1.165) is 46.2 Å². The summed E-state index contributed by atoms with van der Waals surface area (Å²) in [6, 6.07) is 37.4. The van der Waals surface area contributed by atoms with Crippen LogP contribution in [0.25, 0.3) is 33.4 Å². The highest BCUT2D eigenvalue weighted by Gasteiger charge is 2.24. The zero-order valence-corrected chi connectivity index (χ0v) is 21.3. The molecule has 0 N–H and O–H groups in total. The van der Waals surface area contributed by atoms with Gasteiger partial charge in [-0.3, -0.25) is 9.59 Å². The van der Waals surface area contributed by atoms with E-state index in [2.05, 4.69) is 11.0 Å². The van der Waals surface area contributed by atoms with Gasteiger partial charge in [-0.1, -0.05) is 78.9 Å². The maximum absolute atomic E-state index is 12.5. The van der Waals surface area contributed by atoms with Gasteiger partial charge in [0.05, 0.1) is 12.8 Å². The van der Waals surface area contributed by atoms with E-state index < -0.39 is 0 Å². The highest BCUT2D eigenvalue weighted by atomic mass is 16.5. The lowest BCUT2D eigenvalue weighted by Crippen LogP contribution is -2.12. The number of benzene rings is 5. The van der Waals surface area contributed by atoms with E-state index in [9.17, 15) is 9.59 Å². The second-order valence-electron chi connectivity index (χ2n) is 8.96. The van der Waals surface area contributed by atoms with E-state index in [1.54, 1.807) is 7.11 Å². The van der Waals surface area contributed by atoms with Crippen LogP contribution in [0, 0.1) is 0 Å². The number of nitrogens with zero attached hydrogens (tertiary/aromatic N) is 1. The summed E-state index contributed by atoms with van der Waals surface area (Å²) in [6.45, 7) is 0. The van der Waals surface area contributed by atoms with Crippen molar-refractivity contribution in [2.24, 2.45) is 0 Å². The molecule has 186 valence electrons. The lowest BCUT2D eigenvalue weighted by molar-refractivity contribution is 0.112. The minimum atomic E-state index is 0.418. The molecule has 0 saturated carbocycles. The Hall–Kier alpha value is -4.96. The van der Waals surface area contributed by atoms with E-state index in [0.29, 0.717) is 28.0 Å². The molecule has 0 aliphatic carbocycles. The summed E-state index contributed by atoms with van der Waals surface area (Å²) in [5.74, 6) is 0.572. The molecule has 0 radical (unpaired) electrons. The molecule has 0 atom stereocenters. The van der Waals surface area contributed by atoms with Gasteiger partial charge in [-0.15, -0.1) is 0 Å². The average molecular weight is 498 g/mol. The Balaban J connectivity index is 1.82. The SMILES string of the molecule is COc1cc(-c2ccccc2)cc(N(C)c2ccccc2)c1-c1c(C=O)cc(-c2ccccc2)cc1C=O. The van der Waals surface area contributed by atoms with E-state index in [-0.39, 0.29) is 0 Å². The summed E-state index contributed by atoms with van der Waals surface area (Å²) in [5.41, 5.74) is 7.57. The Morgan fingerprint density at radius 2 is 1.05 bits per heavy atom. The summed E-state index contributed by atoms with van der Waals surface area (Å²) in [7, 11) is 3.58. The van der Waals surface area contributed by atoms with Gasteiger partial charge in [0.15, 0.2) is 12.6 Å². The molecule has 5 aromatic carbocycles. The number of para-hydroxylation sites is 1. The third-order valence-electron chi connectivity index (χ3n) is 6.72. The molecule has 38 heavy (non-hydrogen) atoms. The van der Waals surface area contributed by atoms with Crippen LogP contribution in [0.15, 0.2) is 115 Å². The lowest BCUT2D eigenvalue weighted by atomic mass is 9.88. The number of hydrogen-bond acceptors (Lipinski definition) is 4. The van der Waals surface area contributed by atoms with E-state index >= 15 is 0 Å². The molecule has 0 aliphatic rings.